The minimum atomic E-state index is -0.610. The number of phenols is 2. The van der Waals surface area contributed by atoms with E-state index in [2.05, 4.69) is 0 Å². The minimum Gasteiger partial charge on any atom is -0.504 e. The van der Waals surface area contributed by atoms with Crippen LogP contribution in [0.15, 0.2) is 36.4 Å². The number of ether oxygens (including phenoxy) is 1. The zero-order chi connectivity index (χ0) is 15.7. The molecule has 5 heteroatoms. The lowest BCUT2D eigenvalue weighted by molar-refractivity contribution is 0.155. The summed E-state index contributed by atoms with van der Waals surface area (Å²) in [5.41, 5.74) is 8.07. The maximum atomic E-state index is 10.2. The lowest BCUT2D eigenvalue weighted by Gasteiger charge is -2.14. The van der Waals surface area contributed by atoms with Gasteiger partial charge in [-0.1, -0.05) is 18.2 Å². The molecule has 0 bridgehead atoms. The Labute approximate surface area is 128 Å². The van der Waals surface area contributed by atoms with Crippen molar-refractivity contribution in [3.63, 3.8) is 0 Å². The highest BCUT2D eigenvalue weighted by Crippen LogP contribution is 2.35. The van der Waals surface area contributed by atoms with Gasteiger partial charge in [0.05, 0.1) is 6.10 Å². The summed E-state index contributed by atoms with van der Waals surface area (Å²) in [5.74, 6) is 0.347. The van der Waals surface area contributed by atoms with E-state index in [1.807, 2.05) is 12.1 Å². The average Bonchev–Trinajstić information content (AvgIpc) is 2.64. The molecule has 0 saturated heterocycles. The Morgan fingerprint density at radius 3 is 2.77 bits per heavy atom. The van der Waals surface area contributed by atoms with Gasteiger partial charge in [-0.05, 0) is 30.2 Å². The Kier molecular flexibility index (Phi) is 3.92. The largest absolute Gasteiger partial charge is 0.504 e. The van der Waals surface area contributed by atoms with Crippen molar-refractivity contribution < 1.29 is 20.1 Å². The van der Waals surface area contributed by atoms with Gasteiger partial charge in [0.2, 0.25) is 0 Å². The molecule has 2 aromatic rings. The van der Waals surface area contributed by atoms with Crippen molar-refractivity contribution in [2.24, 2.45) is 5.73 Å². The minimum absolute atomic E-state index is 0.115. The zero-order valence-corrected chi connectivity index (χ0v) is 12.1. The van der Waals surface area contributed by atoms with Crippen molar-refractivity contribution >= 4 is 0 Å². The average molecular weight is 301 g/mol. The molecule has 5 nitrogen and oxygen atoms in total. The summed E-state index contributed by atoms with van der Waals surface area (Å²) >= 11 is 0. The molecule has 1 aliphatic rings. The van der Waals surface area contributed by atoms with Gasteiger partial charge < -0.3 is 20.1 Å². The Balaban J connectivity index is 1.92. The fourth-order valence-electron chi connectivity index (χ4n) is 2.72. The van der Waals surface area contributed by atoms with Crippen molar-refractivity contribution in [2.45, 2.75) is 31.6 Å². The van der Waals surface area contributed by atoms with Crippen molar-refractivity contribution in [2.75, 3.05) is 0 Å². The molecule has 0 saturated carbocycles. The second-order valence-electron chi connectivity index (χ2n) is 5.58. The molecule has 2 aromatic carbocycles. The van der Waals surface area contributed by atoms with Crippen LogP contribution in [0.1, 0.15) is 35.6 Å². The number of phenolic OH excluding ortho intramolecular Hbond substituents is 2. The predicted octanol–water partition coefficient (Wildman–Crippen LogP) is 2.18. The summed E-state index contributed by atoms with van der Waals surface area (Å²) < 4.78 is 5.60. The van der Waals surface area contributed by atoms with E-state index in [1.54, 1.807) is 18.2 Å². The highest BCUT2D eigenvalue weighted by atomic mass is 16.5. The maximum Gasteiger partial charge on any atom is 0.161 e. The van der Waals surface area contributed by atoms with Crippen LogP contribution in [0.5, 0.6) is 17.2 Å². The number of aromatic hydroxyl groups is 2. The Morgan fingerprint density at radius 1 is 1.14 bits per heavy atom. The number of fused-ring (bicyclic) bond motifs is 1. The standard InChI is InChI=1S/C17H19NO4/c18-16-7-5-13(19)12-9-10(4-6-15(12)22-16)8-11-2-1-3-14(20)17(11)21/h1-4,6,9,13,16,19-21H,5,7-8,18H2. The molecule has 116 valence electrons. The molecule has 0 fully saturated rings. The number of aliphatic hydroxyl groups excluding tert-OH is 1. The van der Waals surface area contributed by atoms with Gasteiger partial charge in [0, 0.05) is 24.0 Å². The Bertz CT molecular complexity index is 686. The topological polar surface area (TPSA) is 95.9 Å². The van der Waals surface area contributed by atoms with Crippen LogP contribution in [-0.2, 0) is 6.42 Å². The molecule has 5 N–H and O–H groups in total. The van der Waals surface area contributed by atoms with Gasteiger partial charge in [0.15, 0.2) is 11.5 Å². The highest BCUT2D eigenvalue weighted by molar-refractivity contribution is 5.48. The summed E-state index contributed by atoms with van der Waals surface area (Å²) in [5, 5.41) is 29.7. The van der Waals surface area contributed by atoms with Crippen LogP contribution in [0.2, 0.25) is 0 Å². The SMILES string of the molecule is NC1CCC(O)c2cc(Cc3cccc(O)c3O)ccc2O1. The molecule has 0 aliphatic carbocycles. The number of aliphatic hydroxyl groups is 1. The van der Waals surface area contributed by atoms with Crippen LogP contribution >= 0.6 is 0 Å². The second kappa shape index (κ2) is 5.87. The van der Waals surface area contributed by atoms with Crippen LogP contribution in [0.3, 0.4) is 0 Å². The molecule has 0 radical (unpaired) electrons. The summed E-state index contributed by atoms with van der Waals surface area (Å²) in [6, 6.07) is 10.4. The fourth-order valence-corrected chi connectivity index (χ4v) is 2.72. The summed E-state index contributed by atoms with van der Waals surface area (Å²) in [7, 11) is 0. The Hall–Kier alpha value is -2.24. The summed E-state index contributed by atoms with van der Waals surface area (Å²) in [6.07, 6.45) is 0.581. The maximum absolute atomic E-state index is 10.2. The lowest BCUT2D eigenvalue weighted by Crippen LogP contribution is -2.25. The normalized spacial score (nSPS) is 20.8. The van der Waals surface area contributed by atoms with E-state index in [9.17, 15) is 15.3 Å². The molecule has 2 unspecified atom stereocenters. The van der Waals surface area contributed by atoms with Gasteiger partial charge in [-0.25, -0.2) is 0 Å². The molecule has 1 aliphatic heterocycles. The molecule has 0 amide bonds. The number of hydrogen-bond acceptors (Lipinski definition) is 5. The Morgan fingerprint density at radius 2 is 1.95 bits per heavy atom. The van der Waals surface area contributed by atoms with Crippen LogP contribution < -0.4 is 10.5 Å². The summed E-state index contributed by atoms with van der Waals surface area (Å²) in [6.45, 7) is 0. The fraction of sp³-hybridized carbons (Fsp3) is 0.294. The first kappa shape index (κ1) is 14.7. The van der Waals surface area contributed by atoms with Crippen LogP contribution in [-0.4, -0.2) is 21.5 Å². The molecule has 0 aromatic heterocycles. The van der Waals surface area contributed by atoms with Gasteiger partial charge in [-0.15, -0.1) is 0 Å². The third kappa shape index (κ3) is 2.86. The van der Waals surface area contributed by atoms with E-state index >= 15 is 0 Å². The van der Waals surface area contributed by atoms with Crippen molar-refractivity contribution in [1.82, 2.24) is 0 Å². The van der Waals surface area contributed by atoms with Crippen LogP contribution in [0.4, 0.5) is 0 Å². The number of hydrogen-bond donors (Lipinski definition) is 4. The quantitative estimate of drug-likeness (QED) is 0.638. The van der Waals surface area contributed by atoms with E-state index < -0.39 is 12.3 Å². The van der Waals surface area contributed by atoms with Gasteiger partial charge in [-0.2, -0.15) is 0 Å². The van der Waals surface area contributed by atoms with Gasteiger partial charge in [0.1, 0.15) is 12.0 Å². The van der Waals surface area contributed by atoms with Crippen LogP contribution in [0.25, 0.3) is 0 Å². The monoisotopic (exact) mass is 301 g/mol. The first-order valence-corrected chi connectivity index (χ1v) is 7.27. The van der Waals surface area contributed by atoms with Gasteiger partial charge in [-0.3, -0.25) is 5.73 Å². The van der Waals surface area contributed by atoms with E-state index in [1.165, 1.54) is 6.07 Å². The van der Waals surface area contributed by atoms with E-state index in [4.69, 9.17) is 10.5 Å². The molecule has 1 heterocycles. The third-order valence-corrected chi connectivity index (χ3v) is 3.93. The lowest BCUT2D eigenvalue weighted by atomic mass is 9.98. The smallest absolute Gasteiger partial charge is 0.161 e. The summed E-state index contributed by atoms with van der Waals surface area (Å²) in [4.78, 5) is 0. The predicted molar refractivity (Wildman–Crippen MR) is 81.8 cm³/mol. The molecular formula is C17H19NO4. The second-order valence-corrected chi connectivity index (χ2v) is 5.58. The van der Waals surface area contributed by atoms with E-state index in [0.717, 1.165) is 5.56 Å². The number of nitrogens with two attached hydrogens (primary N) is 1. The van der Waals surface area contributed by atoms with Gasteiger partial charge in [0.25, 0.3) is 0 Å². The molecule has 0 spiro atoms. The molecular weight excluding hydrogens is 282 g/mol. The van der Waals surface area contributed by atoms with Crippen LogP contribution in [0, 0.1) is 0 Å². The van der Waals surface area contributed by atoms with E-state index in [0.29, 0.717) is 36.1 Å². The molecule has 3 rings (SSSR count). The highest BCUT2D eigenvalue weighted by Gasteiger charge is 2.22. The van der Waals surface area contributed by atoms with Crippen molar-refractivity contribution in [3.8, 4) is 17.2 Å². The first-order valence-electron chi connectivity index (χ1n) is 7.27. The van der Waals surface area contributed by atoms with Crippen molar-refractivity contribution in [1.29, 1.82) is 0 Å². The van der Waals surface area contributed by atoms with Crippen molar-refractivity contribution in [3.05, 3.63) is 53.1 Å². The number of rotatable bonds is 2. The first-order chi connectivity index (χ1) is 10.5. The number of para-hydroxylation sites is 1. The molecule has 2 atom stereocenters. The molecule has 22 heavy (non-hydrogen) atoms. The third-order valence-electron chi connectivity index (χ3n) is 3.93. The zero-order valence-electron chi connectivity index (χ0n) is 12.1. The number of benzene rings is 2. The van der Waals surface area contributed by atoms with Gasteiger partial charge >= 0.3 is 0 Å². The van der Waals surface area contributed by atoms with E-state index in [-0.39, 0.29) is 11.5 Å².